The molecule has 2 bridgehead atoms. The van der Waals surface area contributed by atoms with Crippen LogP contribution in [-0.4, -0.2) is 58.1 Å². The molecule has 2 saturated heterocycles. The van der Waals surface area contributed by atoms with Crippen molar-refractivity contribution in [1.82, 2.24) is 9.80 Å². The number of allylic oxidation sites excluding steroid dienone is 2. The van der Waals surface area contributed by atoms with Gasteiger partial charge in [-0.25, -0.2) is 0 Å². The third-order valence-electron chi connectivity index (χ3n) is 6.42. The molecule has 2 heterocycles. The third-order valence-corrected chi connectivity index (χ3v) is 7.42. The Bertz CT molecular complexity index is 883. The van der Waals surface area contributed by atoms with Crippen LogP contribution >= 0.6 is 11.8 Å². The third kappa shape index (κ3) is 3.21. The van der Waals surface area contributed by atoms with Gasteiger partial charge in [-0.3, -0.25) is 29.2 Å². The summed E-state index contributed by atoms with van der Waals surface area (Å²) >= 11 is 1.56. The highest BCUT2D eigenvalue weighted by atomic mass is 32.2. The maximum Gasteiger partial charge on any atom is 0.248 e. The summed E-state index contributed by atoms with van der Waals surface area (Å²) < 4.78 is 0. The summed E-state index contributed by atoms with van der Waals surface area (Å²) in [5.74, 6) is 0.0686. The Hall–Kier alpha value is -2.41. The fraction of sp³-hybridized carbons (Fsp3) is 0.455. The summed E-state index contributed by atoms with van der Waals surface area (Å²) in [6.45, 7) is 1.02. The van der Waals surface area contributed by atoms with E-state index in [-0.39, 0.29) is 47.9 Å². The maximum atomic E-state index is 12.9. The van der Waals surface area contributed by atoms with E-state index in [9.17, 15) is 14.4 Å². The molecule has 2 aliphatic heterocycles. The lowest BCUT2D eigenvalue weighted by molar-refractivity contribution is -0.145. The van der Waals surface area contributed by atoms with Gasteiger partial charge < -0.3 is 0 Å². The van der Waals surface area contributed by atoms with Crippen LogP contribution in [0, 0.1) is 23.7 Å². The normalized spacial score (nSPS) is 31.4. The fourth-order valence-corrected chi connectivity index (χ4v) is 6.02. The summed E-state index contributed by atoms with van der Waals surface area (Å²) in [4.78, 5) is 46.0. The number of carbonyl (C=O) groups is 3. The minimum atomic E-state index is -0.253. The van der Waals surface area contributed by atoms with Crippen LogP contribution in [0.15, 0.2) is 47.5 Å². The van der Waals surface area contributed by atoms with Gasteiger partial charge in [0.25, 0.3) is 0 Å². The van der Waals surface area contributed by atoms with Crippen molar-refractivity contribution < 1.29 is 14.4 Å². The van der Waals surface area contributed by atoms with Crippen LogP contribution < -0.4 is 0 Å². The minimum Gasteiger partial charge on any atom is -0.289 e. The molecule has 4 atom stereocenters. The van der Waals surface area contributed by atoms with Crippen molar-refractivity contribution in [1.29, 1.82) is 0 Å². The molecule has 4 unspecified atom stereocenters. The molecule has 0 radical (unpaired) electrons. The molecule has 5 rings (SSSR count). The zero-order valence-electron chi connectivity index (χ0n) is 16.1. The zero-order valence-corrected chi connectivity index (χ0v) is 16.9. The first-order valence-corrected chi connectivity index (χ1v) is 11.2. The number of imide groups is 1. The van der Waals surface area contributed by atoms with E-state index in [1.165, 1.54) is 10.5 Å². The van der Waals surface area contributed by atoms with Crippen LogP contribution in [0.25, 0.3) is 0 Å². The lowest BCUT2D eigenvalue weighted by atomic mass is 9.85. The Balaban J connectivity index is 1.23. The first-order valence-electron chi connectivity index (χ1n) is 10.2. The van der Waals surface area contributed by atoms with Gasteiger partial charge >= 0.3 is 0 Å². The molecule has 7 heteroatoms. The highest BCUT2D eigenvalue weighted by Crippen LogP contribution is 2.52. The highest BCUT2D eigenvalue weighted by molar-refractivity contribution is 8.14. The number of hydrogen-bond acceptors (Lipinski definition) is 5. The summed E-state index contributed by atoms with van der Waals surface area (Å²) in [5.41, 5.74) is 1.21. The number of likely N-dealkylation sites (tertiary alicyclic amines) is 1. The van der Waals surface area contributed by atoms with Gasteiger partial charge in [-0.2, -0.15) is 0 Å². The second kappa shape index (κ2) is 7.44. The maximum absolute atomic E-state index is 12.9. The number of amides is 3. The van der Waals surface area contributed by atoms with E-state index in [0.29, 0.717) is 18.3 Å². The number of carbonyl (C=O) groups excluding carboxylic acids is 3. The molecule has 6 nitrogen and oxygen atoms in total. The van der Waals surface area contributed by atoms with Crippen LogP contribution in [-0.2, 0) is 20.8 Å². The van der Waals surface area contributed by atoms with Gasteiger partial charge in [0, 0.05) is 18.8 Å². The topological polar surface area (TPSA) is 70.1 Å². The van der Waals surface area contributed by atoms with E-state index >= 15 is 0 Å². The van der Waals surface area contributed by atoms with Gasteiger partial charge in [0.05, 0.1) is 11.8 Å². The highest BCUT2D eigenvalue weighted by Gasteiger charge is 2.59. The molecular formula is C22H23N3O3S. The van der Waals surface area contributed by atoms with Gasteiger partial charge in [0.2, 0.25) is 17.7 Å². The lowest BCUT2D eigenvalue weighted by Crippen LogP contribution is -2.44. The SMILES string of the molecule is O=C(CN1C(=O)C2C3C=CC(C3)C2C1=O)N1CCSC1=NCCc1ccccc1. The summed E-state index contributed by atoms with van der Waals surface area (Å²) in [7, 11) is 0. The molecule has 4 aliphatic rings. The van der Waals surface area contributed by atoms with Crippen molar-refractivity contribution in [2.24, 2.45) is 28.7 Å². The number of benzene rings is 1. The fourth-order valence-electron chi connectivity index (χ4n) is 5.03. The molecule has 1 saturated carbocycles. The quantitative estimate of drug-likeness (QED) is 0.551. The number of rotatable bonds is 5. The largest absolute Gasteiger partial charge is 0.289 e. The van der Waals surface area contributed by atoms with E-state index in [0.717, 1.165) is 18.6 Å². The number of amidine groups is 1. The average molecular weight is 410 g/mol. The smallest absolute Gasteiger partial charge is 0.248 e. The summed E-state index contributed by atoms with van der Waals surface area (Å²) in [5, 5.41) is 0.701. The summed E-state index contributed by atoms with van der Waals surface area (Å²) in [6, 6.07) is 10.1. The van der Waals surface area contributed by atoms with Crippen LogP contribution in [0.5, 0.6) is 0 Å². The second-order valence-electron chi connectivity index (χ2n) is 8.06. The van der Waals surface area contributed by atoms with Crippen molar-refractivity contribution in [2.75, 3.05) is 25.4 Å². The number of aliphatic imine (C=N–C) groups is 1. The first kappa shape index (κ1) is 18.6. The van der Waals surface area contributed by atoms with E-state index in [2.05, 4.69) is 29.3 Å². The van der Waals surface area contributed by atoms with Crippen LogP contribution in [0.3, 0.4) is 0 Å². The van der Waals surface area contributed by atoms with Crippen LogP contribution in [0.1, 0.15) is 12.0 Å². The predicted octanol–water partition coefficient (Wildman–Crippen LogP) is 1.97. The van der Waals surface area contributed by atoms with Gasteiger partial charge in [0.15, 0.2) is 5.17 Å². The number of fused-ring (bicyclic) bond motifs is 5. The number of hydrogen-bond donors (Lipinski definition) is 0. The monoisotopic (exact) mass is 409 g/mol. The number of nitrogens with zero attached hydrogens (tertiary/aromatic N) is 3. The average Bonchev–Trinajstić information content (AvgIpc) is 3.50. The van der Waals surface area contributed by atoms with Crippen molar-refractivity contribution in [3.05, 3.63) is 48.0 Å². The Labute approximate surface area is 174 Å². The summed E-state index contributed by atoms with van der Waals surface area (Å²) in [6.07, 6.45) is 5.85. The Morgan fingerprint density at radius 1 is 1.07 bits per heavy atom. The molecule has 29 heavy (non-hydrogen) atoms. The van der Waals surface area contributed by atoms with E-state index < -0.39 is 0 Å². The van der Waals surface area contributed by atoms with Gasteiger partial charge in [0.1, 0.15) is 6.54 Å². The molecule has 0 aromatic heterocycles. The molecule has 150 valence electrons. The Morgan fingerprint density at radius 3 is 2.45 bits per heavy atom. The molecule has 0 spiro atoms. The minimum absolute atomic E-state index is 0.164. The molecule has 1 aromatic carbocycles. The molecule has 3 fully saturated rings. The van der Waals surface area contributed by atoms with Gasteiger partial charge in [-0.05, 0) is 30.2 Å². The van der Waals surface area contributed by atoms with E-state index in [1.807, 2.05) is 18.2 Å². The van der Waals surface area contributed by atoms with E-state index in [4.69, 9.17) is 0 Å². The van der Waals surface area contributed by atoms with Crippen molar-refractivity contribution >= 4 is 34.7 Å². The predicted molar refractivity (Wildman–Crippen MR) is 111 cm³/mol. The molecule has 2 aliphatic carbocycles. The Morgan fingerprint density at radius 2 is 1.76 bits per heavy atom. The van der Waals surface area contributed by atoms with Gasteiger partial charge in [-0.1, -0.05) is 54.2 Å². The second-order valence-corrected chi connectivity index (χ2v) is 9.12. The van der Waals surface area contributed by atoms with Crippen LogP contribution in [0.4, 0.5) is 0 Å². The number of thioether (sulfide) groups is 1. The van der Waals surface area contributed by atoms with Crippen molar-refractivity contribution in [3.63, 3.8) is 0 Å². The van der Waals surface area contributed by atoms with Crippen molar-refractivity contribution in [3.8, 4) is 0 Å². The van der Waals surface area contributed by atoms with Crippen LogP contribution in [0.2, 0.25) is 0 Å². The zero-order chi connectivity index (χ0) is 20.0. The first-order chi connectivity index (χ1) is 14.1. The molecular weight excluding hydrogens is 386 g/mol. The Kier molecular flexibility index (Phi) is 4.78. The van der Waals surface area contributed by atoms with Crippen molar-refractivity contribution in [2.45, 2.75) is 12.8 Å². The van der Waals surface area contributed by atoms with E-state index in [1.54, 1.807) is 16.7 Å². The molecule has 3 amide bonds. The van der Waals surface area contributed by atoms with Gasteiger partial charge in [-0.15, -0.1) is 0 Å². The molecule has 1 aromatic rings. The molecule has 0 N–H and O–H groups in total. The lowest BCUT2D eigenvalue weighted by Gasteiger charge is -2.21. The standard InChI is InChI=1S/C22H23N3O3S/c26-17(13-25-20(27)18-15-6-7-16(12-15)19(18)21(25)28)24-10-11-29-22(24)23-9-8-14-4-2-1-3-5-14/h1-7,15-16,18-19H,8-13H2.